The van der Waals surface area contributed by atoms with Gasteiger partial charge in [0.1, 0.15) is 6.04 Å². The molecule has 464 valence electrons. The third-order valence-corrected chi connectivity index (χ3v) is 19.9. The van der Waals surface area contributed by atoms with E-state index in [-0.39, 0.29) is 79.3 Å². The van der Waals surface area contributed by atoms with Crippen molar-refractivity contribution >= 4 is 63.6 Å². The van der Waals surface area contributed by atoms with Crippen LogP contribution >= 0.6 is 0 Å². The first-order valence-electron chi connectivity index (χ1n) is 31.8. The molecule has 0 spiro atoms. The maximum absolute atomic E-state index is 14.1. The van der Waals surface area contributed by atoms with Crippen LogP contribution in [0.4, 0.5) is 0 Å². The van der Waals surface area contributed by atoms with E-state index in [0.717, 1.165) is 127 Å². The summed E-state index contributed by atoms with van der Waals surface area (Å²) in [5.74, 6) is -1.64. The van der Waals surface area contributed by atoms with E-state index in [2.05, 4.69) is 49.0 Å². The fraction of sp³-hybridized carbons (Fsp3) is 0.403. The molecule has 10 heterocycles. The minimum atomic E-state index is -0.915. The molecule has 0 aromatic heterocycles. The number of fused-ring (bicyclic) bond motifs is 10. The molecule has 0 aromatic rings. The Morgan fingerprint density at radius 1 is 0.589 bits per heavy atom. The number of aliphatic imine (C=N–C) groups is 6. The molecular weight excluding hydrogens is 1130 g/mol. The van der Waals surface area contributed by atoms with Gasteiger partial charge >= 0.3 is 5.97 Å². The van der Waals surface area contributed by atoms with Crippen LogP contribution in [-0.4, -0.2) is 93.0 Å². The lowest BCUT2D eigenvalue weighted by Crippen LogP contribution is -2.42. The van der Waals surface area contributed by atoms with E-state index in [9.17, 15) is 34.2 Å². The van der Waals surface area contributed by atoms with Crippen molar-refractivity contribution in [2.75, 3.05) is 13.2 Å². The highest BCUT2D eigenvalue weighted by Gasteiger charge is 2.45. The minimum Gasteiger partial charge on any atom is -0.515 e. The Morgan fingerprint density at radius 3 is 1.48 bits per heavy atom. The van der Waals surface area contributed by atoms with Crippen molar-refractivity contribution in [2.24, 2.45) is 53.6 Å². The van der Waals surface area contributed by atoms with Gasteiger partial charge in [-0.25, -0.2) is 34.7 Å². The average molecular weight is 1210 g/mol. The van der Waals surface area contributed by atoms with E-state index in [0.29, 0.717) is 107 Å². The summed E-state index contributed by atoms with van der Waals surface area (Å²) in [4.78, 5) is 99.7. The lowest BCUT2D eigenvalue weighted by Gasteiger charge is -2.20. The number of esters is 1. The summed E-state index contributed by atoms with van der Waals surface area (Å²) in [5, 5.41) is 34.5. The lowest BCUT2D eigenvalue weighted by atomic mass is 9.86. The Bertz CT molecular complexity index is 4140. The number of Topliss-reactive ketones (excluding diaryl/α,β-unsaturated/α-hetero) is 2. The smallest absolute Gasteiger partial charge is 0.328 e. The van der Waals surface area contributed by atoms with Crippen molar-refractivity contribution < 1.29 is 38.9 Å². The van der Waals surface area contributed by atoms with Crippen molar-refractivity contribution in [3.8, 4) is 0 Å². The minimum absolute atomic E-state index is 0.00657. The fourth-order valence-electron chi connectivity index (χ4n) is 14.7. The molecule has 12 aliphatic rings. The highest BCUT2D eigenvalue weighted by molar-refractivity contribution is 6.39. The van der Waals surface area contributed by atoms with E-state index < -0.39 is 12.0 Å². The van der Waals surface area contributed by atoms with Gasteiger partial charge in [0.2, 0.25) is 11.8 Å². The van der Waals surface area contributed by atoms with E-state index >= 15 is 0 Å². The highest BCUT2D eigenvalue weighted by atomic mass is 16.5. The fourth-order valence-corrected chi connectivity index (χ4v) is 14.7. The molecule has 12 rings (SSSR count). The Kier molecular flexibility index (Phi) is 16.5. The first-order chi connectivity index (χ1) is 43.2. The van der Waals surface area contributed by atoms with Crippen LogP contribution in [0.5, 0.6) is 0 Å². The standard InChI is InChI=1S/C72H78N10O8/c1-12-41-33(4)52-27-60-47(31-83)37(8)50(76-60)25-54-35(6)43(68(79-54)45-23-62(85)66-39(10)56(81-70(45)66)29-58(41)74-52)18-20-64(87)73-22-16-15-17-49(72(89)90-14-3)78-65(88)21-19-44-36(7)55-26-51-38(9)48(32-84)61(77-51)28-53-34(5)42(13-2)59(75-53)30-57-40(11)67-63(86)24-46(69(44)80-55)71(67)82-57/h25-32,35-36,43-44,49,79-80,83-84H,12-24H2,1-11H3,(H,73,87)(H,78,88)/b47-31+,48-32+,52-27?,53-28?,54-25?,55-26?,56-29?,57-30?,68-45?,69-46?/t35-,36-,43-,44-,49-/m0/s1. The average Bonchev–Trinajstić information content (AvgIpc) is 1.61. The van der Waals surface area contributed by atoms with Crippen molar-refractivity contribution in [1.29, 1.82) is 0 Å². The number of amides is 2. The second-order valence-corrected chi connectivity index (χ2v) is 25.1. The van der Waals surface area contributed by atoms with Crippen LogP contribution < -0.4 is 21.3 Å². The van der Waals surface area contributed by atoms with Gasteiger partial charge in [-0.05, 0) is 174 Å². The Labute approximate surface area is 525 Å². The summed E-state index contributed by atoms with van der Waals surface area (Å²) in [6, 6.07) is -0.915. The van der Waals surface area contributed by atoms with Crippen LogP contribution in [-0.2, 0) is 28.7 Å². The predicted molar refractivity (Wildman–Crippen MR) is 350 cm³/mol. The Morgan fingerprint density at radius 2 is 1.03 bits per heavy atom. The maximum atomic E-state index is 14.1. The van der Waals surface area contributed by atoms with Crippen molar-refractivity contribution in [3.05, 3.63) is 184 Å². The second kappa shape index (κ2) is 24.3. The monoisotopic (exact) mass is 1210 g/mol. The molecule has 16 bridgehead atoms. The molecule has 18 nitrogen and oxygen atoms in total. The largest absolute Gasteiger partial charge is 0.515 e. The van der Waals surface area contributed by atoms with Crippen molar-refractivity contribution in [1.82, 2.24) is 21.3 Å². The number of ether oxygens (including phenoxy) is 1. The van der Waals surface area contributed by atoms with Gasteiger partial charge in [-0.15, -0.1) is 0 Å². The van der Waals surface area contributed by atoms with E-state index in [4.69, 9.17) is 34.7 Å². The van der Waals surface area contributed by atoms with Crippen LogP contribution in [0.25, 0.3) is 0 Å². The zero-order valence-corrected chi connectivity index (χ0v) is 53.2. The number of aliphatic hydroxyl groups excluding tert-OH is 2. The number of hydrogen-bond acceptors (Lipinski definition) is 16. The number of nitrogens with zero attached hydrogens (tertiary/aromatic N) is 6. The lowest BCUT2D eigenvalue weighted by molar-refractivity contribution is -0.147. The number of ketones is 2. The van der Waals surface area contributed by atoms with Gasteiger partial charge in [-0.2, -0.15) is 0 Å². The molecule has 0 unspecified atom stereocenters. The molecule has 2 saturated heterocycles. The zero-order chi connectivity index (χ0) is 63.7. The van der Waals surface area contributed by atoms with Crippen molar-refractivity contribution in [3.63, 3.8) is 0 Å². The van der Waals surface area contributed by atoms with Gasteiger partial charge in [-0.1, -0.05) is 27.7 Å². The summed E-state index contributed by atoms with van der Waals surface area (Å²) in [5.41, 5.74) is 23.2. The molecule has 6 N–H and O–H groups in total. The number of allylic oxidation sites excluding steroid dienone is 24. The van der Waals surface area contributed by atoms with Gasteiger partial charge in [0.15, 0.2) is 11.6 Å². The Hall–Kier alpha value is -9.19. The molecule has 0 radical (unpaired) electrons. The van der Waals surface area contributed by atoms with Crippen LogP contribution in [0, 0.1) is 23.7 Å². The summed E-state index contributed by atoms with van der Waals surface area (Å²) in [6.07, 6.45) is 18.2. The molecule has 2 aliphatic carbocycles. The molecular formula is C72H78N10O8. The third kappa shape index (κ3) is 10.6. The summed E-state index contributed by atoms with van der Waals surface area (Å²) in [6.45, 7) is 22.4. The summed E-state index contributed by atoms with van der Waals surface area (Å²) in [7, 11) is 0. The van der Waals surface area contributed by atoms with E-state index in [1.807, 2.05) is 78.0 Å². The number of hydrogen-bond donors (Lipinski definition) is 6. The first-order valence-corrected chi connectivity index (χ1v) is 31.8. The van der Waals surface area contributed by atoms with Crippen LogP contribution in [0.2, 0.25) is 0 Å². The van der Waals surface area contributed by atoms with Crippen LogP contribution in [0.15, 0.2) is 214 Å². The van der Waals surface area contributed by atoms with Gasteiger partial charge in [-0.3, -0.25) is 19.2 Å². The SMILES string of the molecule is CCOC(=O)[C@H](CCCCNC(=O)CC[C@@H]1C2=C3CC(=O)C4=C(C)C(=CC5=NC(=CC6=NC(=C(C)/C6=C\O)C=C(N2)[C@H]1C)C(C)=C5CC)N=C34)NC(=O)CC[C@@H]1C2=C3CC(=O)C4=C(C)C(=CC5=NC(=CC6=NC(=C(C)/C6=C\O)C=C(N2)[C@H]1C)C(C)=C5CC)N=C34. The predicted octanol–water partition coefficient (Wildman–Crippen LogP) is 11.6. The molecule has 18 heteroatoms. The maximum Gasteiger partial charge on any atom is 0.328 e. The Balaban J connectivity index is 0.721. The third-order valence-electron chi connectivity index (χ3n) is 19.9. The van der Waals surface area contributed by atoms with Gasteiger partial charge < -0.3 is 36.2 Å². The number of carbonyl (C=O) groups is 5. The van der Waals surface area contributed by atoms with E-state index in [1.165, 1.54) is 0 Å². The number of nitrogens with one attached hydrogen (secondary N) is 4. The molecule has 2 saturated carbocycles. The summed E-state index contributed by atoms with van der Waals surface area (Å²) < 4.78 is 5.47. The quantitative estimate of drug-likeness (QED) is 0.0484. The summed E-state index contributed by atoms with van der Waals surface area (Å²) >= 11 is 0. The van der Waals surface area contributed by atoms with Crippen LogP contribution in [0.1, 0.15) is 147 Å². The molecule has 10 aliphatic heterocycles. The number of carbonyl (C=O) groups excluding carboxylic acids is 5. The van der Waals surface area contributed by atoms with Crippen molar-refractivity contribution in [2.45, 2.75) is 153 Å². The molecule has 90 heavy (non-hydrogen) atoms. The molecule has 0 aromatic carbocycles. The normalized spacial score (nSPS) is 25.2. The van der Waals surface area contributed by atoms with Crippen LogP contribution in [0.3, 0.4) is 0 Å². The van der Waals surface area contributed by atoms with Gasteiger partial charge in [0.05, 0.1) is 87.6 Å². The van der Waals surface area contributed by atoms with E-state index in [1.54, 1.807) is 6.92 Å². The molecule has 2 amide bonds. The number of rotatable bonds is 16. The van der Waals surface area contributed by atoms with Gasteiger partial charge in [0.25, 0.3) is 0 Å². The van der Waals surface area contributed by atoms with Gasteiger partial charge in [0, 0.05) is 112 Å². The zero-order valence-electron chi connectivity index (χ0n) is 53.2. The topological polar surface area (TPSA) is 257 Å². The number of aliphatic hydroxyl groups is 2. The molecule has 4 fully saturated rings. The second-order valence-electron chi connectivity index (χ2n) is 25.1. The molecule has 5 atom stereocenters. The highest BCUT2D eigenvalue weighted by Crippen LogP contribution is 2.48. The first kappa shape index (κ1) is 61.1. The number of unbranched alkanes of at least 4 members (excludes halogenated alkanes) is 1.